The third-order valence-corrected chi connectivity index (χ3v) is 3.72. The molecule has 1 heteroatoms. The molecule has 0 bridgehead atoms. The molecule has 0 radical (unpaired) electrons. The number of unbranched alkanes of at least 4 members (excludes halogenated alkanes) is 2. The zero-order chi connectivity index (χ0) is 14.8. The Kier molecular flexibility index (Phi) is 12.3. The van der Waals surface area contributed by atoms with Crippen LogP contribution in [0, 0.1) is 12.2 Å². The maximum atomic E-state index is 3.37. The van der Waals surface area contributed by atoms with Gasteiger partial charge in [-0.05, 0) is 0 Å². The van der Waals surface area contributed by atoms with E-state index in [1.54, 1.807) is 0 Å². The van der Waals surface area contributed by atoms with E-state index in [9.17, 15) is 0 Å². The van der Waals surface area contributed by atoms with Crippen molar-refractivity contribution < 1.29 is 29.1 Å². The largest absolute Gasteiger partial charge is 4.00 e. The van der Waals surface area contributed by atoms with Crippen LogP contribution in [0.4, 0.5) is 0 Å². The molecule has 0 nitrogen and oxygen atoms in total. The summed E-state index contributed by atoms with van der Waals surface area (Å²) in [6, 6.07) is 0. The minimum absolute atomic E-state index is 0. The number of hydrogen-bond acceptors (Lipinski definition) is 0. The Morgan fingerprint density at radius 3 is 1.48 bits per heavy atom. The zero-order valence-electron chi connectivity index (χ0n) is 16.3. The van der Waals surface area contributed by atoms with Gasteiger partial charge in [0.05, 0.1) is 0 Å². The minimum atomic E-state index is 0. The first-order valence-electron chi connectivity index (χ1n) is 8.22. The first kappa shape index (κ1) is 20.8. The van der Waals surface area contributed by atoms with E-state index in [1.807, 2.05) is 0 Å². The summed E-state index contributed by atoms with van der Waals surface area (Å²) >= 11 is 0. The summed E-state index contributed by atoms with van der Waals surface area (Å²) in [4.78, 5) is 0. The number of rotatable bonds is 6. The van der Waals surface area contributed by atoms with Crippen LogP contribution in [0.25, 0.3) is 0 Å². The van der Waals surface area contributed by atoms with Crippen molar-refractivity contribution >= 4 is 0 Å². The van der Waals surface area contributed by atoms with E-state index < -0.39 is 0 Å². The monoisotopic (exact) mass is 362 g/mol. The molecule has 0 amide bonds. The van der Waals surface area contributed by atoms with Crippen molar-refractivity contribution in [2.75, 3.05) is 0 Å². The fraction of sp³-hybridized carbons (Fsp3) is 0.600. The Bertz CT molecular complexity index is 377. The molecule has 116 valence electrons. The van der Waals surface area contributed by atoms with Crippen LogP contribution in [0.1, 0.15) is 81.9 Å². The van der Waals surface area contributed by atoms with Gasteiger partial charge in [0.1, 0.15) is 0 Å². The van der Waals surface area contributed by atoms with E-state index in [0.717, 1.165) is 12.8 Å². The molecule has 0 unspecified atom stereocenters. The Labute approximate surface area is 154 Å². The van der Waals surface area contributed by atoms with Crippen molar-refractivity contribution in [1.29, 1.82) is 0 Å². The quantitative estimate of drug-likeness (QED) is 0.459. The van der Waals surface area contributed by atoms with E-state index in [1.165, 1.54) is 60.8 Å². The molecule has 0 spiro atoms. The third kappa shape index (κ3) is 9.46. The van der Waals surface area contributed by atoms with E-state index in [0.29, 0.717) is 0 Å². The molecule has 0 aromatic heterocycles. The van der Waals surface area contributed by atoms with Gasteiger partial charge in [0.15, 0.2) is 0 Å². The van der Waals surface area contributed by atoms with Crippen LogP contribution in [0.3, 0.4) is 0 Å². The number of hydrogen-bond donors (Lipinski definition) is 0. The topological polar surface area (TPSA) is 0 Å². The van der Waals surface area contributed by atoms with Crippen molar-refractivity contribution in [3.63, 3.8) is 0 Å². The van der Waals surface area contributed by atoms with Gasteiger partial charge in [0.2, 0.25) is 0 Å². The molecule has 0 aromatic carbocycles. The second-order valence-electron chi connectivity index (χ2n) is 5.85. The van der Waals surface area contributed by atoms with Crippen LogP contribution in [0.2, 0.25) is 0 Å². The second kappa shape index (κ2) is 12.4. The minimum Gasteiger partial charge on any atom is -1.00 e. The summed E-state index contributed by atoms with van der Waals surface area (Å²) in [6.07, 6.45) is 21.3. The summed E-state index contributed by atoms with van der Waals surface area (Å²) in [5.74, 6) is 0. The summed E-state index contributed by atoms with van der Waals surface area (Å²) < 4.78 is 0. The number of allylic oxidation sites excluding steroid dienone is 8. The Hall–Kier alpha value is -0.157. The van der Waals surface area contributed by atoms with Crippen molar-refractivity contribution in [3.8, 4) is 0 Å². The predicted octanol–water partition coefficient (Wildman–Crippen LogP) is 6.73. The molecule has 0 saturated carbocycles. The average molecular weight is 364 g/mol. The molecular weight excluding hydrogens is 331 g/mol. The molecule has 21 heavy (non-hydrogen) atoms. The molecule has 0 fully saturated rings. The SMILES string of the molecule is CCCCC1=[C-]C(C)=CC1.CCCCC1=[C-]C(C)=CC1.[H-].[H-].[Zr+4]. The van der Waals surface area contributed by atoms with Gasteiger partial charge < -0.3 is 2.85 Å². The molecule has 0 N–H and O–H groups in total. The Morgan fingerprint density at radius 1 is 0.857 bits per heavy atom. The first-order chi connectivity index (χ1) is 9.65. The fourth-order valence-corrected chi connectivity index (χ4v) is 2.42. The standard InChI is InChI=1S/2C10H15.Zr.2H/c2*1-3-4-5-10-7-6-9(2)8-10;;;/h2*6H,3-5,7H2,1-2H3;;;/q2*-1;+4;2*-1. The summed E-state index contributed by atoms with van der Waals surface area (Å²) in [5.41, 5.74) is 5.65. The summed E-state index contributed by atoms with van der Waals surface area (Å²) in [7, 11) is 0. The van der Waals surface area contributed by atoms with Gasteiger partial charge in [-0.2, -0.15) is 11.1 Å². The van der Waals surface area contributed by atoms with Gasteiger partial charge in [-0.15, -0.1) is 0 Å². The summed E-state index contributed by atoms with van der Waals surface area (Å²) in [5, 5.41) is 0. The van der Waals surface area contributed by atoms with Gasteiger partial charge in [0, 0.05) is 0 Å². The molecule has 0 saturated heterocycles. The van der Waals surface area contributed by atoms with Crippen LogP contribution in [-0.2, 0) is 26.2 Å². The van der Waals surface area contributed by atoms with Gasteiger partial charge in [-0.1, -0.05) is 79.1 Å². The average Bonchev–Trinajstić information content (AvgIpc) is 3.03. The van der Waals surface area contributed by atoms with E-state index >= 15 is 0 Å². The first-order valence-corrected chi connectivity index (χ1v) is 8.22. The molecular formula is C20H32Zr. The molecule has 2 rings (SSSR count). The normalized spacial score (nSPS) is 16.2. The third-order valence-electron chi connectivity index (χ3n) is 3.72. The Morgan fingerprint density at radius 2 is 1.24 bits per heavy atom. The molecule has 0 aliphatic heterocycles. The van der Waals surface area contributed by atoms with Crippen LogP contribution >= 0.6 is 0 Å². The van der Waals surface area contributed by atoms with Gasteiger partial charge in [-0.3, -0.25) is 0 Å². The van der Waals surface area contributed by atoms with E-state index in [-0.39, 0.29) is 29.1 Å². The van der Waals surface area contributed by atoms with Gasteiger partial charge >= 0.3 is 26.2 Å². The smallest absolute Gasteiger partial charge is 1.00 e. The maximum Gasteiger partial charge on any atom is 4.00 e. The van der Waals surface area contributed by atoms with Crippen molar-refractivity contribution in [1.82, 2.24) is 0 Å². The zero-order valence-corrected chi connectivity index (χ0v) is 16.8. The van der Waals surface area contributed by atoms with Crippen molar-refractivity contribution in [3.05, 3.63) is 46.6 Å². The molecule has 2 aliphatic rings. The van der Waals surface area contributed by atoms with Gasteiger partial charge in [0.25, 0.3) is 0 Å². The van der Waals surface area contributed by atoms with Crippen LogP contribution < -0.4 is 0 Å². The molecule has 0 atom stereocenters. The molecule has 0 heterocycles. The fourth-order valence-electron chi connectivity index (χ4n) is 2.42. The molecule has 0 aromatic rings. The van der Waals surface area contributed by atoms with E-state index in [2.05, 4.69) is 52.0 Å². The van der Waals surface area contributed by atoms with Gasteiger partial charge in [-0.25, -0.2) is 35.5 Å². The predicted molar refractivity (Wildman–Crippen MR) is 91.5 cm³/mol. The van der Waals surface area contributed by atoms with Crippen molar-refractivity contribution in [2.45, 2.75) is 79.1 Å². The maximum absolute atomic E-state index is 3.37. The Balaban J connectivity index is -0.000000308. The summed E-state index contributed by atoms with van der Waals surface area (Å²) in [6.45, 7) is 8.71. The molecule has 2 aliphatic carbocycles. The van der Waals surface area contributed by atoms with Crippen LogP contribution in [0.15, 0.2) is 34.4 Å². The van der Waals surface area contributed by atoms with Crippen molar-refractivity contribution in [2.24, 2.45) is 0 Å². The van der Waals surface area contributed by atoms with Crippen LogP contribution in [-0.4, -0.2) is 0 Å². The van der Waals surface area contributed by atoms with Crippen LogP contribution in [0.5, 0.6) is 0 Å². The second-order valence-corrected chi connectivity index (χ2v) is 5.85. The van der Waals surface area contributed by atoms with E-state index in [4.69, 9.17) is 0 Å².